The van der Waals surface area contributed by atoms with Crippen LogP contribution in [0.5, 0.6) is 11.5 Å². The first kappa shape index (κ1) is 38.3. The average Bonchev–Trinajstić information content (AvgIpc) is 3.84. The highest BCUT2D eigenvalue weighted by molar-refractivity contribution is 5.88. The minimum Gasteiger partial charge on any atom is -0.508 e. The van der Waals surface area contributed by atoms with Crippen LogP contribution in [0.15, 0.2) is 107 Å². The summed E-state index contributed by atoms with van der Waals surface area (Å²) in [5.74, 6) is 0.879. The number of nitriles is 2. The van der Waals surface area contributed by atoms with Gasteiger partial charge < -0.3 is 42.1 Å². The van der Waals surface area contributed by atoms with Gasteiger partial charge in [0.25, 0.3) is 0 Å². The normalized spacial score (nSPS) is 16.5. The molecule has 4 heterocycles. The predicted octanol–water partition coefficient (Wildman–Crippen LogP) is 6.06. The molecule has 0 amide bonds. The number of nitrogens with zero attached hydrogens (tertiary/aromatic N) is 6. The molecule has 4 aromatic rings. The van der Waals surface area contributed by atoms with E-state index < -0.39 is 0 Å². The Bertz CT molecular complexity index is 2300. The monoisotopic (exact) mass is 752 g/mol. The number of phenols is 1. The highest BCUT2D eigenvalue weighted by Gasteiger charge is 2.27. The van der Waals surface area contributed by atoms with Gasteiger partial charge >= 0.3 is 0 Å². The van der Waals surface area contributed by atoms with Crippen LogP contribution in [0.3, 0.4) is 0 Å². The third-order valence-electron chi connectivity index (χ3n) is 9.27. The zero-order valence-electron chi connectivity index (χ0n) is 31.1. The fourth-order valence-corrected chi connectivity index (χ4v) is 6.51. The van der Waals surface area contributed by atoms with Crippen molar-refractivity contribution in [2.75, 3.05) is 10.6 Å². The van der Waals surface area contributed by atoms with Crippen molar-refractivity contribution < 1.29 is 9.84 Å². The Morgan fingerprint density at radius 1 is 0.786 bits per heavy atom. The first-order valence-corrected chi connectivity index (χ1v) is 18.1. The SMILES string of the molecule is Cn1cc(Nc2cc(O)ccc2C=N)cn1.Cn1cc(Nc2cc(O[C@H]3CCCC4=C3NNC(C#N)=C4)ccc2C=N)cn1.N#CC1=CC2=C(CCCC2)NN1. The molecule has 0 radical (unpaired) electrons. The van der Waals surface area contributed by atoms with Gasteiger partial charge in [-0.3, -0.25) is 20.2 Å². The number of phenolic OH excluding ortho intramolecular Hbond substituents is 1. The Kier molecular flexibility index (Phi) is 12.3. The Morgan fingerprint density at radius 2 is 1.38 bits per heavy atom. The topological polar surface area (TPSA) is 233 Å². The van der Waals surface area contributed by atoms with Gasteiger partial charge in [-0.15, -0.1) is 0 Å². The van der Waals surface area contributed by atoms with Gasteiger partial charge in [-0.25, -0.2) is 0 Å². The van der Waals surface area contributed by atoms with Crippen molar-refractivity contribution in [1.82, 2.24) is 41.3 Å². The van der Waals surface area contributed by atoms with E-state index in [1.54, 1.807) is 40.0 Å². The molecule has 16 nitrogen and oxygen atoms in total. The highest BCUT2D eigenvalue weighted by Crippen LogP contribution is 2.32. The van der Waals surface area contributed by atoms with Gasteiger partial charge in [0.1, 0.15) is 41.1 Å². The van der Waals surface area contributed by atoms with Crippen molar-refractivity contribution in [3.8, 4) is 23.6 Å². The second-order valence-corrected chi connectivity index (χ2v) is 13.4. The summed E-state index contributed by atoms with van der Waals surface area (Å²) in [6, 6.07) is 14.7. The van der Waals surface area contributed by atoms with Crippen LogP contribution in [0.4, 0.5) is 22.7 Å². The average molecular weight is 753 g/mol. The van der Waals surface area contributed by atoms with Crippen LogP contribution in [-0.4, -0.2) is 43.2 Å². The van der Waals surface area contributed by atoms with E-state index in [4.69, 9.17) is 26.1 Å². The number of aromatic hydroxyl groups is 1. The third-order valence-corrected chi connectivity index (χ3v) is 9.27. The van der Waals surface area contributed by atoms with Gasteiger partial charge in [0.2, 0.25) is 0 Å². The lowest BCUT2D eigenvalue weighted by molar-refractivity contribution is 0.202. The third kappa shape index (κ3) is 9.74. The standard InChI is InChI=1S/C20H21N7O.C11H12N4O.C9H11N3/c1-27-12-16(11-23-27)24-18-8-17(6-5-14(18)9-21)28-19-4-2-3-13-7-15(10-22)25-26-20(13)19;1-15-7-9(6-13-15)14-11-4-10(16)3-2-8(11)5-12;10-6-8-5-7-3-1-2-4-9(7)12-11-8/h5-9,11-12,19,21,24-26H,2-4H2,1H3;2-7,12,14,16H,1H3;5,11-12H,1-4H2/t19-;;/m0../s1. The molecule has 0 bridgehead atoms. The molecule has 2 aliphatic carbocycles. The van der Waals surface area contributed by atoms with Crippen LogP contribution in [0.1, 0.15) is 56.1 Å². The van der Waals surface area contributed by atoms with Crippen LogP contribution >= 0.6 is 0 Å². The minimum atomic E-state index is -0.121. The molecular weight excluding hydrogens is 709 g/mol. The van der Waals surface area contributed by atoms with Gasteiger partial charge in [-0.05, 0) is 92.5 Å². The van der Waals surface area contributed by atoms with E-state index in [1.807, 2.05) is 56.8 Å². The molecule has 2 aromatic heterocycles. The maximum atomic E-state index is 9.38. The second-order valence-electron chi connectivity index (χ2n) is 13.4. The molecule has 0 unspecified atom stereocenters. The van der Waals surface area contributed by atoms with Crippen molar-refractivity contribution in [3.63, 3.8) is 0 Å². The number of ether oxygens (including phenoxy) is 1. The molecule has 0 fully saturated rings. The van der Waals surface area contributed by atoms with Crippen molar-refractivity contribution in [1.29, 1.82) is 21.3 Å². The van der Waals surface area contributed by atoms with Crippen molar-refractivity contribution in [2.45, 2.75) is 51.0 Å². The molecule has 1 atom stereocenters. The van der Waals surface area contributed by atoms with Crippen molar-refractivity contribution >= 4 is 35.2 Å². The number of benzene rings is 2. The molecule has 56 heavy (non-hydrogen) atoms. The molecule has 2 aliphatic heterocycles. The van der Waals surface area contributed by atoms with E-state index in [0.29, 0.717) is 28.4 Å². The van der Waals surface area contributed by atoms with E-state index in [9.17, 15) is 5.11 Å². The maximum Gasteiger partial charge on any atom is 0.140 e. The van der Waals surface area contributed by atoms with E-state index in [1.165, 1.54) is 36.5 Å². The summed E-state index contributed by atoms with van der Waals surface area (Å²) in [5.41, 5.74) is 22.3. The molecule has 2 aromatic carbocycles. The summed E-state index contributed by atoms with van der Waals surface area (Å²) in [5, 5.41) is 56.6. The molecule has 0 spiro atoms. The number of aryl methyl sites for hydroxylation is 2. The molecule has 9 N–H and O–H groups in total. The first-order valence-electron chi connectivity index (χ1n) is 18.1. The van der Waals surface area contributed by atoms with E-state index >= 15 is 0 Å². The van der Waals surface area contributed by atoms with Crippen LogP contribution in [0.25, 0.3) is 0 Å². The van der Waals surface area contributed by atoms with Crippen LogP contribution in [0.2, 0.25) is 0 Å². The number of hydrazine groups is 2. The lowest BCUT2D eigenvalue weighted by Crippen LogP contribution is -2.42. The highest BCUT2D eigenvalue weighted by atomic mass is 16.5. The largest absolute Gasteiger partial charge is 0.508 e. The maximum absolute atomic E-state index is 9.38. The van der Waals surface area contributed by atoms with Crippen LogP contribution < -0.4 is 37.1 Å². The summed E-state index contributed by atoms with van der Waals surface area (Å²) in [6.45, 7) is 0. The molecule has 0 saturated carbocycles. The molecule has 8 rings (SSSR count). The zero-order chi connectivity index (χ0) is 39.4. The summed E-state index contributed by atoms with van der Waals surface area (Å²) < 4.78 is 9.66. The number of aromatic nitrogens is 4. The van der Waals surface area contributed by atoms with E-state index in [2.05, 4.69) is 54.7 Å². The Balaban J connectivity index is 0.000000159. The number of allylic oxidation sites excluding steroid dienone is 7. The lowest BCUT2D eigenvalue weighted by atomic mass is 9.92. The lowest BCUT2D eigenvalue weighted by Gasteiger charge is -2.31. The summed E-state index contributed by atoms with van der Waals surface area (Å²) in [6.07, 6.45) is 20.9. The molecule has 4 aliphatic rings. The molecule has 286 valence electrons. The Morgan fingerprint density at radius 3 is 2.00 bits per heavy atom. The van der Waals surface area contributed by atoms with Crippen LogP contribution in [0, 0.1) is 33.5 Å². The Hall–Kier alpha value is -7.46. The number of nitrogens with one attached hydrogen (secondary N) is 8. The number of rotatable bonds is 8. The van der Waals surface area contributed by atoms with Crippen molar-refractivity contribution in [3.05, 3.63) is 118 Å². The van der Waals surface area contributed by atoms with Gasteiger partial charge in [-0.2, -0.15) is 20.7 Å². The van der Waals surface area contributed by atoms with Gasteiger partial charge in [0.05, 0.1) is 40.8 Å². The van der Waals surface area contributed by atoms with E-state index in [0.717, 1.165) is 66.0 Å². The molecule has 0 saturated heterocycles. The zero-order valence-corrected chi connectivity index (χ0v) is 31.1. The summed E-state index contributed by atoms with van der Waals surface area (Å²) >= 11 is 0. The smallest absolute Gasteiger partial charge is 0.140 e. The van der Waals surface area contributed by atoms with Gasteiger partial charge in [0, 0.05) is 67.9 Å². The predicted molar refractivity (Wildman–Crippen MR) is 214 cm³/mol. The fraction of sp³-hybridized carbons (Fsp3) is 0.250. The first-order chi connectivity index (χ1) is 27.2. The molecule has 16 heteroatoms. The van der Waals surface area contributed by atoms with Crippen LogP contribution in [-0.2, 0) is 14.1 Å². The molecular formula is C40H44N14O2. The fourth-order valence-electron chi connectivity index (χ4n) is 6.51. The summed E-state index contributed by atoms with van der Waals surface area (Å²) in [7, 11) is 3.68. The van der Waals surface area contributed by atoms with Crippen molar-refractivity contribution in [2.24, 2.45) is 14.1 Å². The van der Waals surface area contributed by atoms with Gasteiger partial charge in [-0.1, -0.05) is 0 Å². The summed E-state index contributed by atoms with van der Waals surface area (Å²) in [4.78, 5) is 0. The minimum absolute atomic E-state index is 0.121. The second kappa shape index (κ2) is 18.0. The number of hydrogen-bond donors (Lipinski definition) is 9. The number of hydrogen-bond acceptors (Lipinski definition) is 14. The quantitative estimate of drug-likeness (QED) is 0.0935. The van der Waals surface area contributed by atoms with E-state index in [-0.39, 0.29) is 11.9 Å². The van der Waals surface area contributed by atoms with Gasteiger partial charge in [0.15, 0.2) is 0 Å². The Labute approximate surface area is 324 Å². The number of anilines is 4.